The summed E-state index contributed by atoms with van der Waals surface area (Å²) in [5.41, 5.74) is 7.33. The van der Waals surface area contributed by atoms with E-state index in [0.29, 0.717) is 0 Å². The molecule has 0 spiro atoms. The molecule has 4 heteroatoms. The van der Waals surface area contributed by atoms with Crippen LogP contribution >= 0.6 is 15.9 Å². The molecule has 1 aliphatic rings. The number of benzene rings is 1. The smallest absolute Gasteiger partial charge is 0.164 e. The van der Waals surface area contributed by atoms with Crippen LogP contribution in [0, 0.1) is 0 Å². The fourth-order valence-electron chi connectivity index (χ4n) is 2.41. The van der Waals surface area contributed by atoms with Gasteiger partial charge in [-0.3, -0.25) is 0 Å². The number of hydrogen-bond acceptors (Lipinski definition) is 3. The van der Waals surface area contributed by atoms with E-state index in [-0.39, 0.29) is 11.5 Å². The van der Waals surface area contributed by atoms with Gasteiger partial charge in [-0.05, 0) is 31.9 Å². The molecule has 1 aliphatic carbocycles. The molecule has 2 N–H and O–H groups in total. The molecule has 94 valence electrons. The zero-order valence-electron chi connectivity index (χ0n) is 10.4. The first kappa shape index (κ1) is 12.7. The van der Waals surface area contributed by atoms with Crippen LogP contribution in [0.15, 0.2) is 16.6 Å². The summed E-state index contributed by atoms with van der Waals surface area (Å²) in [5, 5.41) is 0. The molecule has 0 radical (unpaired) electrons. The average molecular weight is 300 g/mol. The Bertz CT molecular complexity index is 428. The maximum Gasteiger partial charge on any atom is 0.164 e. The minimum absolute atomic E-state index is 0.0579. The molecule has 0 amide bonds. The molecule has 0 bridgehead atoms. The molecule has 0 aliphatic heterocycles. The minimum atomic E-state index is 0.0579. The Morgan fingerprint density at radius 1 is 1.29 bits per heavy atom. The fraction of sp³-hybridized carbons (Fsp3) is 0.538. The molecule has 17 heavy (non-hydrogen) atoms. The van der Waals surface area contributed by atoms with Gasteiger partial charge in [0.1, 0.15) is 0 Å². The van der Waals surface area contributed by atoms with E-state index in [2.05, 4.69) is 28.9 Å². The van der Waals surface area contributed by atoms with E-state index >= 15 is 0 Å². The third kappa shape index (κ3) is 2.04. The summed E-state index contributed by atoms with van der Waals surface area (Å²) in [5.74, 6) is 1.56. The Hall–Kier alpha value is -0.740. The predicted octanol–water partition coefficient (Wildman–Crippen LogP) is 2.85. The summed E-state index contributed by atoms with van der Waals surface area (Å²) in [6, 6.07) is 4.13. The molecule has 1 saturated carbocycles. The highest BCUT2D eigenvalue weighted by Gasteiger charge is 2.49. The van der Waals surface area contributed by atoms with Crippen molar-refractivity contribution in [2.24, 2.45) is 5.73 Å². The van der Waals surface area contributed by atoms with Gasteiger partial charge in [-0.15, -0.1) is 0 Å². The fourth-order valence-corrected chi connectivity index (χ4v) is 2.84. The molecule has 1 fully saturated rings. The maximum atomic E-state index is 6.12. The molecule has 0 heterocycles. The number of nitrogens with two attached hydrogens (primary N) is 1. The molecule has 2 rings (SSSR count). The van der Waals surface area contributed by atoms with Crippen molar-refractivity contribution in [1.29, 1.82) is 0 Å². The van der Waals surface area contributed by atoms with Gasteiger partial charge in [0.05, 0.1) is 14.2 Å². The van der Waals surface area contributed by atoms with Crippen LogP contribution in [0.25, 0.3) is 0 Å². The van der Waals surface area contributed by atoms with Crippen LogP contribution < -0.4 is 15.2 Å². The molecule has 1 atom stereocenters. The lowest BCUT2D eigenvalue weighted by Crippen LogP contribution is -2.32. The van der Waals surface area contributed by atoms with Crippen molar-refractivity contribution >= 4 is 15.9 Å². The summed E-state index contributed by atoms with van der Waals surface area (Å²) < 4.78 is 11.9. The van der Waals surface area contributed by atoms with Crippen LogP contribution in [-0.2, 0) is 5.41 Å². The number of rotatable bonds is 4. The van der Waals surface area contributed by atoms with Crippen LogP contribution in [0.3, 0.4) is 0 Å². The lowest BCUT2D eigenvalue weighted by Gasteiger charge is -2.24. The average Bonchev–Trinajstić information content (AvgIpc) is 3.08. The third-order valence-electron chi connectivity index (χ3n) is 3.64. The highest BCUT2D eigenvalue weighted by molar-refractivity contribution is 9.10. The van der Waals surface area contributed by atoms with E-state index in [1.54, 1.807) is 14.2 Å². The van der Waals surface area contributed by atoms with E-state index in [9.17, 15) is 0 Å². The van der Waals surface area contributed by atoms with Crippen LogP contribution in [0.5, 0.6) is 11.5 Å². The summed E-state index contributed by atoms with van der Waals surface area (Å²) in [4.78, 5) is 0. The summed E-state index contributed by atoms with van der Waals surface area (Å²) >= 11 is 3.51. The molecule has 1 aromatic rings. The largest absolute Gasteiger partial charge is 0.493 e. The lowest BCUT2D eigenvalue weighted by atomic mass is 9.88. The molecule has 0 saturated heterocycles. The number of methoxy groups -OCH3 is 2. The topological polar surface area (TPSA) is 44.5 Å². The van der Waals surface area contributed by atoms with Gasteiger partial charge in [-0.1, -0.05) is 15.9 Å². The minimum Gasteiger partial charge on any atom is -0.493 e. The molecular weight excluding hydrogens is 282 g/mol. The van der Waals surface area contributed by atoms with Crippen molar-refractivity contribution < 1.29 is 9.47 Å². The zero-order valence-corrected chi connectivity index (χ0v) is 12.0. The standard InChI is InChI=1S/C13H18BrNO2/c1-8(15)13(4-5-13)10-6-9(14)7-11(16-2)12(10)17-3/h6-8H,4-5,15H2,1-3H3. The number of halogens is 1. The lowest BCUT2D eigenvalue weighted by molar-refractivity contribution is 0.345. The van der Waals surface area contributed by atoms with Crippen LogP contribution in [-0.4, -0.2) is 20.3 Å². The van der Waals surface area contributed by atoms with Crippen LogP contribution in [0.4, 0.5) is 0 Å². The van der Waals surface area contributed by atoms with Gasteiger partial charge >= 0.3 is 0 Å². The highest BCUT2D eigenvalue weighted by atomic mass is 79.9. The van der Waals surface area contributed by atoms with Gasteiger partial charge in [0.25, 0.3) is 0 Å². The first-order valence-corrected chi connectivity index (χ1v) is 6.52. The Kier molecular flexibility index (Phi) is 3.36. The van der Waals surface area contributed by atoms with Gasteiger partial charge in [0, 0.05) is 21.5 Å². The molecule has 0 aromatic heterocycles. The van der Waals surface area contributed by atoms with E-state index in [1.165, 1.54) is 0 Å². The maximum absolute atomic E-state index is 6.12. The van der Waals surface area contributed by atoms with Crippen molar-refractivity contribution in [1.82, 2.24) is 0 Å². The Morgan fingerprint density at radius 2 is 1.94 bits per heavy atom. The van der Waals surface area contributed by atoms with Gasteiger partial charge < -0.3 is 15.2 Å². The molecular formula is C13H18BrNO2. The second kappa shape index (κ2) is 4.50. The molecule has 1 aromatic carbocycles. The van der Waals surface area contributed by atoms with Crippen LogP contribution in [0.2, 0.25) is 0 Å². The Labute approximate surface area is 110 Å². The summed E-state index contributed by atoms with van der Waals surface area (Å²) in [7, 11) is 3.33. The highest BCUT2D eigenvalue weighted by Crippen LogP contribution is 2.55. The van der Waals surface area contributed by atoms with Crippen molar-refractivity contribution in [2.75, 3.05) is 14.2 Å². The Balaban J connectivity index is 2.56. The second-order valence-electron chi connectivity index (χ2n) is 4.63. The van der Waals surface area contributed by atoms with E-state index in [4.69, 9.17) is 15.2 Å². The number of hydrogen-bond donors (Lipinski definition) is 1. The first-order valence-electron chi connectivity index (χ1n) is 5.72. The van der Waals surface area contributed by atoms with Crippen molar-refractivity contribution in [3.63, 3.8) is 0 Å². The molecule has 3 nitrogen and oxygen atoms in total. The Morgan fingerprint density at radius 3 is 2.35 bits per heavy atom. The van der Waals surface area contributed by atoms with Crippen molar-refractivity contribution in [2.45, 2.75) is 31.2 Å². The van der Waals surface area contributed by atoms with E-state index in [0.717, 1.165) is 34.4 Å². The summed E-state index contributed by atoms with van der Waals surface area (Å²) in [6.07, 6.45) is 2.22. The van der Waals surface area contributed by atoms with Gasteiger partial charge in [0.15, 0.2) is 11.5 Å². The first-order chi connectivity index (χ1) is 8.05. The monoisotopic (exact) mass is 299 g/mol. The quantitative estimate of drug-likeness (QED) is 0.930. The second-order valence-corrected chi connectivity index (χ2v) is 5.55. The van der Waals surface area contributed by atoms with Gasteiger partial charge in [-0.25, -0.2) is 0 Å². The predicted molar refractivity (Wildman–Crippen MR) is 71.8 cm³/mol. The SMILES string of the molecule is COc1cc(Br)cc(C2(C(C)N)CC2)c1OC. The van der Waals surface area contributed by atoms with Gasteiger partial charge in [-0.2, -0.15) is 0 Å². The van der Waals surface area contributed by atoms with Gasteiger partial charge in [0.2, 0.25) is 0 Å². The van der Waals surface area contributed by atoms with E-state index in [1.807, 2.05) is 6.07 Å². The summed E-state index contributed by atoms with van der Waals surface area (Å²) in [6.45, 7) is 2.06. The van der Waals surface area contributed by atoms with E-state index < -0.39 is 0 Å². The third-order valence-corrected chi connectivity index (χ3v) is 4.10. The zero-order chi connectivity index (χ0) is 12.6. The number of ether oxygens (including phenoxy) is 2. The van der Waals surface area contributed by atoms with Crippen molar-refractivity contribution in [3.8, 4) is 11.5 Å². The van der Waals surface area contributed by atoms with Crippen LogP contribution in [0.1, 0.15) is 25.3 Å². The van der Waals surface area contributed by atoms with Crippen molar-refractivity contribution in [3.05, 3.63) is 22.2 Å². The normalized spacial score (nSPS) is 18.6. The molecule has 1 unspecified atom stereocenters.